The maximum absolute atomic E-state index is 8.80. The van der Waals surface area contributed by atoms with Crippen LogP contribution in [0.5, 0.6) is 5.75 Å². The number of rotatable bonds is 4. The first kappa shape index (κ1) is 16.3. The lowest BCUT2D eigenvalue weighted by Crippen LogP contribution is -1.97. The molecule has 0 saturated carbocycles. The second kappa shape index (κ2) is 7.79. The number of hydrogen-bond donors (Lipinski definition) is 0. The Labute approximate surface area is 145 Å². The average molecular weight is 418 g/mol. The number of nitriles is 2. The number of nitrogens with zero attached hydrogens (tertiary/aromatic N) is 2. The van der Waals surface area contributed by atoms with Gasteiger partial charge in [-0.05, 0) is 61.2 Å². The molecule has 0 aliphatic carbocycles. The molecule has 2 rings (SSSR count). The predicted octanol–water partition coefficient (Wildman–Crippen LogP) is 5.22. The summed E-state index contributed by atoms with van der Waals surface area (Å²) in [5.41, 5.74) is 1.86. The van der Waals surface area contributed by atoms with Gasteiger partial charge in [0.2, 0.25) is 0 Å². The molecular weight excluding hydrogens is 408 g/mol. The summed E-state index contributed by atoms with van der Waals surface area (Å²) in [4.78, 5) is 0. The van der Waals surface area contributed by atoms with Gasteiger partial charge in [-0.3, -0.25) is 0 Å². The van der Waals surface area contributed by atoms with Crippen LogP contribution in [-0.4, -0.2) is 0 Å². The van der Waals surface area contributed by atoms with Gasteiger partial charge < -0.3 is 4.74 Å². The molecule has 0 fully saturated rings. The summed E-state index contributed by atoms with van der Waals surface area (Å²) >= 11 is 6.91. The Kier molecular flexibility index (Phi) is 5.77. The van der Waals surface area contributed by atoms with Gasteiger partial charge in [-0.1, -0.05) is 30.3 Å². The number of halogens is 2. The molecule has 2 aromatic rings. The molecule has 0 saturated heterocycles. The van der Waals surface area contributed by atoms with Gasteiger partial charge in [0.05, 0.1) is 8.95 Å². The van der Waals surface area contributed by atoms with E-state index < -0.39 is 0 Å². The fraction of sp³-hybridized carbons (Fsp3) is 0.0588. The van der Waals surface area contributed by atoms with Gasteiger partial charge in [-0.25, -0.2) is 0 Å². The molecule has 3 nitrogen and oxygen atoms in total. The SMILES string of the molecule is N#CC(C#N)=Cc1cc(Br)c(OCc2ccccc2)c(Br)c1. The molecule has 0 aromatic heterocycles. The third-order valence-electron chi connectivity index (χ3n) is 2.80. The van der Waals surface area contributed by atoms with Crippen molar-refractivity contribution in [2.75, 3.05) is 0 Å². The monoisotopic (exact) mass is 416 g/mol. The fourth-order valence-electron chi connectivity index (χ4n) is 1.79. The van der Waals surface area contributed by atoms with Crippen LogP contribution >= 0.6 is 31.9 Å². The molecule has 0 N–H and O–H groups in total. The van der Waals surface area contributed by atoms with Crippen LogP contribution in [0.4, 0.5) is 0 Å². The number of hydrogen-bond acceptors (Lipinski definition) is 3. The summed E-state index contributed by atoms with van der Waals surface area (Å²) < 4.78 is 7.32. The standard InChI is InChI=1S/C17H10Br2N2O/c18-15-7-13(6-14(9-20)10-21)8-16(19)17(15)22-11-12-4-2-1-3-5-12/h1-8H,11H2. The topological polar surface area (TPSA) is 56.8 Å². The highest BCUT2D eigenvalue weighted by Crippen LogP contribution is 2.35. The molecule has 0 bridgehead atoms. The summed E-state index contributed by atoms with van der Waals surface area (Å²) in [6.45, 7) is 0.453. The van der Waals surface area contributed by atoms with Gasteiger partial charge in [-0.15, -0.1) is 0 Å². The van der Waals surface area contributed by atoms with E-state index in [1.165, 1.54) is 6.08 Å². The molecule has 108 valence electrons. The van der Waals surface area contributed by atoms with Crippen LogP contribution in [0.2, 0.25) is 0 Å². The number of benzene rings is 2. The molecule has 0 amide bonds. The molecule has 0 heterocycles. The van der Waals surface area contributed by atoms with E-state index in [2.05, 4.69) is 31.9 Å². The van der Waals surface area contributed by atoms with Gasteiger partial charge in [-0.2, -0.15) is 10.5 Å². The van der Waals surface area contributed by atoms with E-state index >= 15 is 0 Å². The van der Waals surface area contributed by atoms with Crippen LogP contribution in [0.3, 0.4) is 0 Å². The van der Waals surface area contributed by atoms with Gasteiger partial charge in [0.1, 0.15) is 30.1 Å². The Morgan fingerprint density at radius 3 is 2.18 bits per heavy atom. The molecule has 2 aromatic carbocycles. The highest BCUT2D eigenvalue weighted by Gasteiger charge is 2.09. The van der Waals surface area contributed by atoms with Crippen LogP contribution in [0.15, 0.2) is 57.0 Å². The van der Waals surface area contributed by atoms with Crippen molar-refractivity contribution in [1.82, 2.24) is 0 Å². The molecule has 22 heavy (non-hydrogen) atoms. The van der Waals surface area contributed by atoms with Gasteiger partial charge >= 0.3 is 0 Å². The van der Waals surface area contributed by atoms with Crippen LogP contribution < -0.4 is 4.74 Å². The summed E-state index contributed by atoms with van der Waals surface area (Å²) in [5.74, 6) is 0.677. The van der Waals surface area contributed by atoms with Crippen molar-refractivity contribution >= 4 is 37.9 Å². The van der Waals surface area contributed by atoms with Gasteiger partial charge in [0.15, 0.2) is 0 Å². The summed E-state index contributed by atoms with van der Waals surface area (Å²) in [6, 6.07) is 17.1. The average Bonchev–Trinajstić information content (AvgIpc) is 2.52. The molecular formula is C17H10Br2N2O. The minimum Gasteiger partial charge on any atom is -0.487 e. The summed E-state index contributed by atoms with van der Waals surface area (Å²) in [7, 11) is 0. The second-order valence-electron chi connectivity index (χ2n) is 4.37. The van der Waals surface area contributed by atoms with Crippen molar-refractivity contribution in [3.63, 3.8) is 0 Å². The first-order valence-electron chi connectivity index (χ1n) is 6.31. The van der Waals surface area contributed by atoms with E-state index in [4.69, 9.17) is 15.3 Å². The Hall–Kier alpha value is -2.08. The zero-order valence-corrected chi connectivity index (χ0v) is 14.6. The van der Waals surface area contributed by atoms with E-state index in [9.17, 15) is 0 Å². The van der Waals surface area contributed by atoms with Crippen molar-refractivity contribution < 1.29 is 4.74 Å². The second-order valence-corrected chi connectivity index (χ2v) is 6.08. The molecule has 0 spiro atoms. The van der Waals surface area contributed by atoms with E-state index in [1.54, 1.807) is 12.1 Å². The lowest BCUT2D eigenvalue weighted by Gasteiger charge is -2.11. The maximum Gasteiger partial charge on any atom is 0.148 e. The largest absolute Gasteiger partial charge is 0.487 e. The Morgan fingerprint density at radius 1 is 1.05 bits per heavy atom. The smallest absolute Gasteiger partial charge is 0.148 e. The van der Waals surface area contributed by atoms with Crippen LogP contribution in [0.25, 0.3) is 6.08 Å². The quantitative estimate of drug-likeness (QED) is 0.640. The van der Waals surface area contributed by atoms with Crippen molar-refractivity contribution in [1.29, 1.82) is 10.5 Å². The van der Waals surface area contributed by atoms with Crippen LogP contribution in [-0.2, 0) is 6.61 Å². The van der Waals surface area contributed by atoms with Gasteiger partial charge in [0.25, 0.3) is 0 Å². The Bertz CT molecular complexity index is 748. The van der Waals surface area contributed by atoms with Crippen molar-refractivity contribution in [3.8, 4) is 17.9 Å². The highest BCUT2D eigenvalue weighted by atomic mass is 79.9. The van der Waals surface area contributed by atoms with Gasteiger partial charge in [0, 0.05) is 0 Å². The normalized spacial score (nSPS) is 9.45. The first-order chi connectivity index (χ1) is 10.6. The van der Waals surface area contributed by atoms with Crippen LogP contribution in [0.1, 0.15) is 11.1 Å². The van der Waals surface area contributed by atoms with Crippen molar-refractivity contribution in [3.05, 3.63) is 68.1 Å². The summed E-state index contributed by atoms with van der Waals surface area (Å²) in [6.07, 6.45) is 1.52. The highest BCUT2D eigenvalue weighted by molar-refractivity contribution is 9.11. The molecule has 0 aliphatic rings. The predicted molar refractivity (Wildman–Crippen MR) is 91.8 cm³/mol. The minimum atomic E-state index is 0.0525. The number of ether oxygens (including phenoxy) is 1. The van der Waals surface area contributed by atoms with Crippen molar-refractivity contribution in [2.24, 2.45) is 0 Å². The zero-order chi connectivity index (χ0) is 15.9. The van der Waals surface area contributed by atoms with E-state index in [1.807, 2.05) is 42.5 Å². The molecule has 0 unspecified atom stereocenters. The lowest BCUT2D eigenvalue weighted by atomic mass is 10.1. The molecule has 0 radical (unpaired) electrons. The third kappa shape index (κ3) is 4.21. The fourth-order valence-corrected chi connectivity index (χ4v) is 3.24. The Morgan fingerprint density at radius 2 is 1.64 bits per heavy atom. The zero-order valence-electron chi connectivity index (χ0n) is 11.4. The third-order valence-corrected chi connectivity index (χ3v) is 3.98. The molecule has 0 aliphatic heterocycles. The van der Waals surface area contributed by atoms with Crippen molar-refractivity contribution in [2.45, 2.75) is 6.61 Å². The number of allylic oxidation sites excluding steroid dienone is 1. The first-order valence-corrected chi connectivity index (χ1v) is 7.90. The van der Waals surface area contributed by atoms with E-state index in [0.717, 1.165) is 20.1 Å². The van der Waals surface area contributed by atoms with E-state index in [0.29, 0.717) is 12.4 Å². The minimum absolute atomic E-state index is 0.0525. The van der Waals surface area contributed by atoms with Crippen LogP contribution in [0, 0.1) is 22.7 Å². The molecule has 0 atom stereocenters. The summed E-state index contributed by atoms with van der Waals surface area (Å²) in [5, 5.41) is 17.6. The lowest BCUT2D eigenvalue weighted by molar-refractivity contribution is 0.302. The maximum atomic E-state index is 8.80. The Balaban J connectivity index is 2.23. The molecule has 5 heteroatoms. The van der Waals surface area contributed by atoms with E-state index in [-0.39, 0.29) is 5.57 Å².